The number of pyridine rings is 1. The van der Waals surface area contributed by atoms with Gasteiger partial charge in [-0.15, -0.1) is 11.8 Å². The predicted molar refractivity (Wildman–Crippen MR) is 81.6 cm³/mol. The zero-order valence-corrected chi connectivity index (χ0v) is 11.8. The molecule has 2 aromatic rings. The Morgan fingerprint density at radius 2 is 2.00 bits per heavy atom. The smallest absolute Gasteiger partial charge is 0.250 e. The molecule has 3 nitrogen and oxygen atoms in total. The quantitative estimate of drug-likeness (QED) is 0.673. The van der Waals surface area contributed by atoms with Gasteiger partial charge in [0.2, 0.25) is 0 Å². The minimum absolute atomic E-state index is 0.00934. The molecule has 2 rings (SSSR count). The number of aryl methyl sites for hydroxylation is 2. The average molecular weight is 274 g/mol. The SMILES string of the molecule is Cc1ccccc1SCCCn1cc(N)ccc1=O. The Kier molecular flexibility index (Phi) is 4.68. The first-order valence-electron chi connectivity index (χ1n) is 6.31. The topological polar surface area (TPSA) is 48.0 Å². The highest BCUT2D eigenvalue weighted by atomic mass is 32.2. The van der Waals surface area contributed by atoms with E-state index in [1.807, 2.05) is 17.8 Å². The van der Waals surface area contributed by atoms with Gasteiger partial charge < -0.3 is 10.3 Å². The maximum Gasteiger partial charge on any atom is 0.250 e. The van der Waals surface area contributed by atoms with Gasteiger partial charge in [0, 0.05) is 29.4 Å². The number of anilines is 1. The molecular formula is C15H18N2OS. The van der Waals surface area contributed by atoms with Crippen molar-refractivity contribution in [2.24, 2.45) is 0 Å². The first-order chi connectivity index (χ1) is 9.16. The molecule has 0 aliphatic heterocycles. The zero-order valence-electron chi connectivity index (χ0n) is 11.0. The highest BCUT2D eigenvalue weighted by Crippen LogP contribution is 2.22. The summed E-state index contributed by atoms with van der Waals surface area (Å²) in [6.45, 7) is 2.83. The minimum atomic E-state index is 0.00934. The van der Waals surface area contributed by atoms with Crippen LogP contribution in [0.15, 0.2) is 52.3 Å². The van der Waals surface area contributed by atoms with Crippen molar-refractivity contribution in [3.8, 4) is 0 Å². The Bertz CT molecular complexity index is 607. The number of nitrogens with zero attached hydrogens (tertiary/aromatic N) is 1. The summed E-state index contributed by atoms with van der Waals surface area (Å²) in [4.78, 5) is 12.9. The second kappa shape index (κ2) is 6.48. The Labute approximate surface area is 117 Å². The fourth-order valence-electron chi connectivity index (χ4n) is 1.86. The van der Waals surface area contributed by atoms with Crippen LogP contribution >= 0.6 is 11.8 Å². The molecule has 19 heavy (non-hydrogen) atoms. The molecule has 0 fully saturated rings. The van der Waals surface area contributed by atoms with Gasteiger partial charge in [-0.1, -0.05) is 18.2 Å². The molecule has 1 heterocycles. The van der Waals surface area contributed by atoms with Crippen LogP contribution in [0.2, 0.25) is 0 Å². The van der Waals surface area contributed by atoms with Gasteiger partial charge in [0.25, 0.3) is 5.56 Å². The maximum atomic E-state index is 11.6. The first-order valence-corrected chi connectivity index (χ1v) is 7.30. The summed E-state index contributed by atoms with van der Waals surface area (Å²) < 4.78 is 1.67. The summed E-state index contributed by atoms with van der Waals surface area (Å²) in [5, 5.41) is 0. The molecule has 100 valence electrons. The molecule has 0 atom stereocenters. The van der Waals surface area contributed by atoms with Crippen molar-refractivity contribution in [2.75, 3.05) is 11.5 Å². The van der Waals surface area contributed by atoms with Crippen molar-refractivity contribution >= 4 is 17.4 Å². The van der Waals surface area contributed by atoms with E-state index in [1.165, 1.54) is 16.5 Å². The van der Waals surface area contributed by atoms with Crippen LogP contribution < -0.4 is 11.3 Å². The van der Waals surface area contributed by atoms with Gasteiger partial charge in [-0.05, 0) is 36.8 Å². The molecule has 2 N–H and O–H groups in total. The predicted octanol–water partition coefficient (Wildman–Crippen LogP) is 2.92. The highest BCUT2D eigenvalue weighted by Gasteiger charge is 1.99. The molecule has 0 radical (unpaired) electrons. The molecule has 1 aromatic carbocycles. The van der Waals surface area contributed by atoms with Gasteiger partial charge >= 0.3 is 0 Å². The molecule has 0 bridgehead atoms. The number of benzene rings is 1. The van der Waals surface area contributed by atoms with Gasteiger partial charge in [0.1, 0.15) is 0 Å². The van der Waals surface area contributed by atoms with Crippen LogP contribution in [0, 0.1) is 6.92 Å². The normalized spacial score (nSPS) is 10.6. The van der Waals surface area contributed by atoms with Crippen molar-refractivity contribution in [3.05, 3.63) is 58.5 Å². The van der Waals surface area contributed by atoms with E-state index in [4.69, 9.17) is 5.73 Å². The van der Waals surface area contributed by atoms with E-state index < -0.39 is 0 Å². The molecule has 0 unspecified atom stereocenters. The van der Waals surface area contributed by atoms with Crippen LogP contribution in [0.1, 0.15) is 12.0 Å². The molecule has 0 aliphatic carbocycles. The number of hydrogen-bond donors (Lipinski definition) is 1. The lowest BCUT2D eigenvalue weighted by Gasteiger charge is -2.07. The van der Waals surface area contributed by atoms with Crippen molar-refractivity contribution in [2.45, 2.75) is 24.8 Å². The van der Waals surface area contributed by atoms with E-state index in [2.05, 4.69) is 25.1 Å². The Hall–Kier alpha value is -1.68. The standard InChI is InChI=1S/C15H18N2OS/c1-12-5-2-3-6-14(12)19-10-4-9-17-11-13(16)7-8-15(17)18/h2-3,5-8,11H,4,9-10,16H2,1H3. The minimum Gasteiger partial charge on any atom is -0.398 e. The van der Waals surface area contributed by atoms with Crippen molar-refractivity contribution in [1.29, 1.82) is 0 Å². The molecule has 0 spiro atoms. The molecule has 4 heteroatoms. The fraction of sp³-hybridized carbons (Fsp3) is 0.267. The van der Waals surface area contributed by atoms with E-state index in [-0.39, 0.29) is 5.56 Å². The Morgan fingerprint density at radius 1 is 1.21 bits per heavy atom. The third-order valence-electron chi connectivity index (χ3n) is 2.90. The van der Waals surface area contributed by atoms with Gasteiger partial charge in [0.15, 0.2) is 0 Å². The van der Waals surface area contributed by atoms with Crippen LogP contribution in [-0.2, 0) is 6.54 Å². The van der Waals surface area contributed by atoms with Gasteiger partial charge in [-0.2, -0.15) is 0 Å². The summed E-state index contributed by atoms with van der Waals surface area (Å²) in [5.74, 6) is 0.992. The fourth-order valence-corrected chi connectivity index (χ4v) is 2.82. The summed E-state index contributed by atoms with van der Waals surface area (Å²) in [7, 11) is 0. The van der Waals surface area contributed by atoms with E-state index in [1.54, 1.807) is 16.8 Å². The largest absolute Gasteiger partial charge is 0.398 e. The van der Waals surface area contributed by atoms with Crippen LogP contribution in [0.25, 0.3) is 0 Å². The molecule has 0 aliphatic rings. The second-order valence-corrected chi connectivity index (χ2v) is 5.60. The second-order valence-electron chi connectivity index (χ2n) is 4.46. The third kappa shape index (κ3) is 3.89. The van der Waals surface area contributed by atoms with E-state index in [0.29, 0.717) is 12.2 Å². The van der Waals surface area contributed by atoms with E-state index in [0.717, 1.165) is 12.2 Å². The van der Waals surface area contributed by atoms with Crippen LogP contribution in [0.4, 0.5) is 5.69 Å². The number of nitrogen functional groups attached to an aromatic ring is 1. The highest BCUT2D eigenvalue weighted by molar-refractivity contribution is 7.99. The summed E-state index contributed by atoms with van der Waals surface area (Å²) in [6, 6.07) is 11.5. The van der Waals surface area contributed by atoms with Gasteiger partial charge in [-0.3, -0.25) is 4.79 Å². The van der Waals surface area contributed by atoms with Gasteiger partial charge in [-0.25, -0.2) is 0 Å². The number of hydrogen-bond acceptors (Lipinski definition) is 3. The monoisotopic (exact) mass is 274 g/mol. The lowest BCUT2D eigenvalue weighted by molar-refractivity contribution is 0.660. The summed E-state index contributed by atoms with van der Waals surface area (Å²) in [5.41, 5.74) is 7.62. The molecule has 1 aromatic heterocycles. The molecule has 0 amide bonds. The average Bonchev–Trinajstić information content (AvgIpc) is 2.40. The number of aromatic nitrogens is 1. The molecule has 0 saturated heterocycles. The van der Waals surface area contributed by atoms with E-state index in [9.17, 15) is 4.79 Å². The lowest BCUT2D eigenvalue weighted by Crippen LogP contribution is -2.19. The first kappa shape index (κ1) is 13.7. The van der Waals surface area contributed by atoms with Crippen molar-refractivity contribution in [1.82, 2.24) is 4.57 Å². The molecular weight excluding hydrogens is 256 g/mol. The van der Waals surface area contributed by atoms with Crippen LogP contribution in [-0.4, -0.2) is 10.3 Å². The van der Waals surface area contributed by atoms with Crippen molar-refractivity contribution < 1.29 is 0 Å². The van der Waals surface area contributed by atoms with Crippen molar-refractivity contribution in [3.63, 3.8) is 0 Å². The summed E-state index contributed by atoms with van der Waals surface area (Å²) in [6.07, 6.45) is 2.66. The number of nitrogens with two attached hydrogens (primary N) is 1. The van der Waals surface area contributed by atoms with Crippen LogP contribution in [0.5, 0.6) is 0 Å². The maximum absolute atomic E-state index is 11.6. The number of thioether (sulfide) groups is 1. The van der Waals surface area contributed by atoms with Gasteiger partial charge in [0.05, 0.1) is 0 Å². The lowest BCUT2D eigenvalue weighted by atomic mass is 10.2. The Morgan fingerprint density at radius 3 is 2.79 bits per heavy atom. The summed E-state index contributed by atoms with van der Waals surface area (Å²) >= 11 is 1.83. The Balaban J connectivity index is 1.86. The zero-order chi connectivity index (χ0) is 13.7. The van der Waals surface area contributed by atoms with Crippen LogP contribution in [0.3, 0.4) is 0 Å². The third-order valence-corrected chi connectivity index (χ3v) is 4.16. The number of rotatable bonds is 5. The molecule has 0 saturated carbocycles. The van der Waals surface area contributed by atoms with E-state index >= 15 is 0 Å².